The van der Waals surface area contributed by atoms with Crippen molar-refractivity contribution in [1.29, 1.82) is 0 Å². The van der Waals surface area contributed by atoms with Crippen molar-refractivity contribution >= 4 is 5.91 Å². The van der Waals surface area contributed by atoms with Crippen molar-refractivity contribution in [1.82, 2.24) is 10.6 Å². The lowest BCUT2D eigenvalue weighted by molar-refractivity contribution is -0.124. The van der Waals surface area contributed by atoms with Crippen molar-refractivity contribution in [3.63, 3.8) is 0 Å². The topological polar surface area (TPSA) is 50.4 Å². The van der Waals surface area contributed by atoms with E-state index >= 15 is 0 Å². The standard InChI is InChI=1S/C11H20N2O2/c14-11(10-2-6-12-10)13-5-1-9-3-7-15-8-4-9/h9-10,12H,1-8H2,(H,13,14)/t10-/m1/s1. The van der Waals surface area contributed by atoms with Gasteiger partial charge in [0.2, 0.25) is 5.91 Å². The lowest BCUT2D eigenvalue weighted by Gasteiger charge is -2.27. The second-order valence-electron chi connectivity index (χ2n) is 4.43. The van der Waals surface area contributed by atoms with Crippen LogP contribution in [0.15, 0.2) is 0 Å². The van der Waals surface area contributed by atoms with Gasteiger partial charge in [0.1, 0.15) is 0 Å². The van der Waals surface area contributed by atoms with Gasteiger partial charge in [-0.3, -0.25) is 4.79 Å². The van der Waals surface area contributed by atoms with Gasteiger partial charge in [0.15, 0.2) is 0 Å². The highest BCUT2D eigenvalue weighted by molar-refractivity contribution is 5.82. The Kier molecular flexibility index (Phi) is 3.97. The number of rotatable bonds is 4. The van der Waals surface area contributed by atoms with E-state index in [0.29, 0.717) is 0 Å². The molecule has 2 aliphatic heterocycles. The van der Waals surface area contributed by atoms with Crippen LogP contribution in [-0.4, -0.2) is 38.3 Å². The maximum atomic E-state index is 11.5. The highest BCUT2D eigenvalue weighted by atomic mass is 16.5. The maximum absolute atomic E-state index is 11.5. The summed E-state index contributed by atoms with van der Waals surface area (Å²) in [6.07, 6.45) is 4.39. The maximum Gasteiger partial charge on any atom is 0.237 e. The van der Waals surface area contributed by atoms with Crippen LogP contribution in [0.1, 0.15) is 25.7 Å². The van der Waals surface area contributed by atoms with E-state index in [-0.39, 0.29) is 11.9 Å². The molecule has 86 valence electrons. The number of carbonyl (C=O) groups is 1. The Labute approximate surface area is 90.8 Å². The van der Waals surface area contributed by atoms with E-state index in [0.717, 1.165) is 57.9 Å². The van der Waals surface area contributed by atoms with Gasteiger partial charge >= 0.3 is 0 Å². The molecule has 4 nitrogen and oxygen atoms in total. The van der Waals surface area contributed by atoms with Crippen molar-refractivity contribution in [2.45, 2.75) is 31.7 Å². The van der Waals surface area contributed by atoms with E-state index in [1.54, 1.807) is 0 Å². The monoisotopic (exact) mass is 212 g/mol. The Morgan fingerprint density at radius 1 is 1.33 bits per heavy atom. The van der Waals surface area contributed by atoms with E-state index in [4.69, 9.17) is 4.74 Å². The molecule has 0 saturated carbocycles. The fraction of sp³-hybridized carbons (Fsp3) is 0.909. The fourth-order valence-corrected chi connectivity index (χ4v) is 2.07. The van der Waals surface area contributed by atoms with E-state index in [9.17, 15) is 4.79 Å². The summed E-state index contributed by atoms with van der Waals surface area (Å²) in [5.41, 5.74) is 0. The molecule has 2 aliphatic rings. The van der Waals surface area contributed by atoms with Crippen LogP contribution in [-0.2, 0) is 9.53 Å². The molecule has 2 fully saturated rings. The highest BCUT2D eigenvalue weighted by Crippen LogP contribution is 2.17. The first-order valence-electron chi connectivity index (χ1n) is 5.95. The van der Waals surface area contributed by atoms with Crippen molar-refractivity contribution < 1.29 is 9.53 Å². The Bertz CT molecular complexity index is 211. The van der Waals surface area contributed by atoms with Gasteiger partial charge in [-0.1, -0.05) is 0 Å². The second kappa shape index (κ2) is 5.47. The molecule has 1 amide bonds. The predicted molar refractivity (Wildman–Crippen MR) is 57.6 cm³/mol. The third-order valence-electron chi connectivity index (χ3n) is 3.33. The van der Waals surface area contributed by atoms with Gasteiger partial charge in [0, 0.05) is 19.8 Å². The van der Waals surface area contributed by atoms with E-state index in [1.165, 1.54) is 0 Å². The minimum absolute atomic E-state index is 0.0830. The lowest BCUT2D eigenvalue weighted by atomic mass is 9.96. The average Bonchev–Trinajstić information content (AvgIpc) is 2.16. The molecule has 2 N–H and O–H groups in total. The van der Waals surface area contributed by atoms with Gasteiger partial charge < -0.3 is 15.4 Å². The molecule has 2 rings (SSSR count). The summed E-state index contributed by atoms with van der Waals surface area (Å²) in [7, 11) is 0. The Balaban J connectivity index is 1.55. The van der Waals surface area contributed by atoms with E-state index in [1.807, 2.05) is 0 Å². The summed E-state index contributed by atoms with van der Waals surface area (Å²) in [5.74, 6) is 0.918. The molecule has 0 aromatic carbocycles. The quantitative estimate of drug-likeness (QED) is 0.704. The summed E-state index contributed by atoms with van der Waals surface area (Å²) < 4.78 is 5.29. The number of hydrogen-bond donors (Lipinski definition) is 2. The molecule has 4 heteroatoms. The van der Waals surface area contributed by atoms with Crippen LogP contribution >= 0.6 is 0 Å². The third kappa shape index (κ3) is 3.18. The average molecular weight is 212 g/mol. The minimum Gasteiger partial charge on any atom is -0.381 e. The molecular formula is C11H20N2O2. The summed E-state index contributed by atoms with van der Waals surface area (Å²) in [4.78, 5) is 11.5. The molecule has 0 aromatic rings. The molecule has 15 heavy (non-hydrogen) atoms. The number of hydrogen-bond acceptors (Lipinski definition) is 3. The van der Waals surface area contributed by atoms with Crippen LogP contribution in [0.5, 0.6) is 0 Å². The summed E-state index contributed by atoms with van der Waals surface area (Å²) in [6, 6.07) is 0.0830. The van der Waals surface area contributed by atoms with Gasteiger partial charge in [-0.2, -0.15) is 0 Å². The van der Waals surface area contributed by atoms with Crippen molar-refractivity contribution in [3.05, 3.63) is 0 Å². The molecule has 0 aromatic heterocycles. The van der Waals surface area contributed by atoms with Gasteiger partial charge in [-0.25, -0.2) is 0 Å². The Hall–Kier alpha value is -0.610. The van der Waals surface area contributed by atoms with Crippen LogP contribution in [0.3, 0.4) is 0 Å². The van der Waals surface area contributed by atoms with Crippen molar-refractivity contribution in [2.75, 3.05) is 26.3 Å². The third-order valence-corrected chi connectivity index (χ3v) is 3.33. The van der Waals surface area contributed by atoms with Crippen LogP contribution in [0.2, 0.25) is 0 Å². The SMILES string of the molecule is O=C(NCCC1CCOCC1)[C@H]1CCN1. The molecule has 2 heterocycles. The van der Waals surface area contributed by atoms with Gasteiger partial charge in [-0.05, 0) is 38.1 Å². The zero-order chi connectivity index (χ0) is 10.5. The molecule has 2 saturated heterocycles. The van der Waals surface area contributed by atoms with Gasteiger partial charge in [-0.15, -0.1) is 0 Å². The smallest absolute Gasteiger partial charge is 0.237 e. The van der Waals surface area contributed by atoms with E-state index in [2.05, 4.69) is 10.6 Å². The second-order valence-corrected chi connectivity index (χ2v) is 4.43. The molecule has 0 bridgehead atoms. The Morgan fingerprint density at radius 2 is 2.07 bits per heavy atom. The molecular weight excluding hydrogens is 192 g/mol. The number of amides is 1. The van der Waals surface area contributed by atoms with Crippen LogP contribution in [0.4, 0.5) is 0 Å². The van der Waals surface area contributed by atoms with Crippen LogP contribution < -0.4 is 10.6 Å². The summed E-state index contributed by atoms with van der Waals surface area (Å²) in [5, 5.41) is 6.09. The first-order chi connectivity index (χ1) is 7.36. The molecule has 0 radical (unpaired) electrons. The zero-order valence-corrected chi connectivity index (χ0v) is 9.13. The number of nitrogens with one attached hydrogen (secondary N) is 2. The molecule has 1 atom stereocenters. The van der Waals surface area contributed by atoms with E-state index < -0.39 is 0 Å². The van der Waals surface area contributed by atoms with Gasteiger partial charge in [0.05, 0.1) is 6.04 Å². The summed E-state index contributed by atoms with van der Waals surface area (Å²) >= 11 is 0. The number of ether oxygens (including phenoxy) is 1. The lowest BCUT2D eigenvalue weighted by Crippen LogP contribution is -2.53. The van der Waals surface area contributed by atoms with Crippen LogP contribution in [0.25, 0.3) is 0 Å². The zero-order valence-electron chi connectivity index (χ0n) is 9.13. The minimum atomic E-state index is 0.0830. The largest absolute Gasteiger partial charge is 0.381 e. The van der Waals surface area contributed by atoms with Crippen molar-refractivity contribution in [3.8, 4) is 0 Å². The highest BCUT2D eigenvalue weighted by Gasteiger charge is 2.24. The van der Waals surface area contributed by atoms with Gasteiger partial charge in [0.25, 0.3) is 0 Å². The summed E-state index contributed by atoms with van der Waals surface area (Å²) in [6.45, 7) is 3.59. The molecule has 0 spiro atoms. The predicted octanol–water partition coefficient (Wildman–Crippen LogP) is 0.281. The first kappa shape index (κ1) is 10.9. The Morgan fingerprint density at radius 3 is 2.67 bits per heavy atom. The normalized spacial score (nSPS) is 27.1. The van der Waals surface area contributed by atoms with Crippen molar-refractivity contribution in [2.24, 2.45) is 5.92 Å². The number of carbonyl (C=O) groups excluding carboxylic acids is 1. The fourth-order valence-electron chi connectivity index (χ4n) is 2.07. The molecule has 0 unspecified atom stereocenters. The first-order valence-corrected chi connectivity index (χ1v) is 5.95. The van der Waals surface area contributed by atoms with Crippen LogP contribution in [0, 0.1) is 5.92 Å². The molecule has 0 aliphatic carbocycles.